The highest BCUT2D eigenvalue weighted by Crippen LogP contribution is 2.39. The fourth-order valence-corrected chi connectivity index (χ4v) is 3.66. The van der Waals surface area contributed by atoms with E-state index in [9.17, 15) is 0 Å². The minimum atomic E-state index is 0. The van der Waals surface area contributed by atoms with Gasteiger partial charge in [-0.25, -0.2) is 4.99 Å². The first-order valence-corrected chi connectivity index (χ1v) is 9.83. The van der Waals surface area contributed by atoms with Crippen molar-refractivity contribution in [2.24, 2.45) is 4.99 Å². The molecule has 8 nitrogen and oxygen atoms in total. The quantitative estimate of drug-likeness (QED) is 0.360. The monoisotopic (exact) mass is 533 g/mol. The predicted octanol–water partition coefficient (Wildman–Crippen LogP) is 2.96. The van der Waals surface area contributed by atoms with Crippen LogP contribution in [-0.2, 0) is 13.1 Å². The van der Waals surface area contributed by atoms with Crippen LogP contribution in [0.15, 0.2) is 34.0 Å². The summed E-state index contributed by atoms with van der Waals surface area (Å²) in [5.74, 6) is 2.21. The standard InChI is InChI=1S/C19H24ClN5O3.HI/c1-2-21-19(22-11-14-9-16(20)18-17(10-14)26-13-27-18)25-6-4-24(5-7-25)12-15-3-8-28-23-15;/h3,8-10H,2,4-7,11-13H2,1H3,(H,21,22);1H. The van der Waals surface area contributed by atoms with Crippen LogP contribution < -0.4 is 14.8 Å². The van der Waals surface area contributed by atoms with E-state index in [1.807, 2.05) is 18.2 Å². The number of guanidine groups is 1. The van der Waals surface area contributed by atoms with Crippen molar-refractivity contribution in [1.82, 2.24) is 20.3 Å². The van der Waals surface area contributed by atoms with Gasteiger partial charge in [-0.15, -0.1) is 24.0 Å². The Labute approximate surface area is 192 Å². The van der Waals surface area contributed by atoms with E-state index in [1.54, 1.807) is 6.26 Å². The van der Waals surface area contributed by atoms with Gasteiger partial charge in [0.25, 0.3) is 0 Å². The third-order valence-electron chi connectivity index (χ3n) is 4.78. The van der Waals surface area contributed by atoms with Crippen LogP contribution in [0.5, 0.6) is 11.5 Å². The molecule has 4 rings (SSSR count). The number of halogens is 2. The SMILES string of the molecule is CCNC(=NCc1cc(Cl)c2c(c1)OCO2)N1CCN(Cc2ccon2)CC1.I. The summed E-state index contributed by atoms with van der Waals surface area (Å²) in [6, 6.07) is 5.74. The number of rotatable bonds is 5. The maximum absolute atomic E-state index is 6.28. The third-order valence-corrected chi connectivity index (χ3v) is 5.06. The van der Waals surface area contributed by atoms with E-state index in [-0.39, 0.29) is 30.8 Å². The van der Waals surface area contributed by atoms with Gasteiger partial charge < -0.3 is 24.2 Å². The smallest absolute Gasteiger partial charge is 0.231 e. The van der Waals surface area contributed by atoms with Crippen molar-refractivity contribution in [2.45, 2.75) is 20.0 Å². The summed E-state index contributed by atoms with van der Waals surface area (Å²) >= 11 is 6.28. The van der Waals surface area contributed by atoms with Gasteiger partial charge in [-0.05, 0) is 24.6 Å². The number of nitrogens with zero attached hydrogens (tertiary/aromatic N) is 4. The molecule has 2 aliphatic rings. The number of nitrogens with one attached hydrogen (secondary N) is 1. The molecule has 1 fully saturated rings. The Morgan fingerprint density at radius 1 is 1.24 bits per heavy atom. The molecule has 3 heterocycles. The summed E-state index contributed by atoms with van der Waals surface area (Å²) in [5, 5.41) is 7.95. The van der Waals surface area contributed by atoms with Crippen LogP contribution >= 0.6 is 35.6 Å². The van der Waals surface area contributed by atoms with Gasteiger partial charge >= 0.3 is 0 Å². The van der Waals surface area contributed by atoms with Gasteiger partial charge in [0, 0.05) is 45.3 Å². The van der Waals surface area contributed by atoms with Gasteiger partial charge in [-0.2, -0.15) is 0 Å². The Kier molecular flexibility index (Phi) is 7.84. The summed E-state index contributed by atoms with van der Waals surface area (Å²) in [6.45, 7) is 8.17. The van der Waals surface area contributed by atoms with E-state index in [0.29, 0.717) is 23.1 Å². The molecule has 0 atom stereocenters. The molecule has 1 aromatic heterocycles. The number of aliphatic imine (C=N–C) groups is 1. The van der Waals surface area contributed by atoms with Crippen molar-refractivity contribution >= 4 is 41.5 Å². The van der Waals surface area contributed by atoms with Crippen LogP contribution in [0.4, 0.5) is 0 Å². The first-order chi connectivity index (χ1) is 13.7. The maximum Gasteiger partial charge on any atom is 0.231 e. The van der Waals surface area contributed by atoms with E-state index in [1.165, 1.54) is 0 Å². The van der Waals surface area contributed by atoms with Gasteiger partial charge in [0.2, 0.25) is 6.79 Å². The van der Waals surface area contributed by atoms with Gasteiger partial charge in [0.05, 0.1) is 17.3 Å². The molecule has 2 aliphatic heterocycles. The van der Waals surface area contributed by atoms with E-state index < -0.39 is 0 Å². The van der Waals surface area contributed by atoms with Crippen LogP contribution in [0.1, 0.15) is 18.2 Å². The highest BCUT2D eigenvalue weighted by molar-refractivity contribution is 14.0. The van der Waals surface area contributed by atoms with Crippen LogP contribution in [0.3, 0.4) is 0 Å². The lowest BCUT2D eigenvalue weighted by molar-refractivity contribution is 0.169. The number of ether oxygens (including phenoxy) is 2. The Hall–Kier alpha value is -1.72. The highest BCUT2D eigenvalue weighted by atomic mass is 127. The van der Waals surface area contributed by atoms with Gasteiger partial charge in [-0.1, -0.05) is 16.8 Å². The normalized spacial score (nSPS) is 16.6. The Bertz CT molecular complexity index is 826. The van der Waals surface area contributed by atoms with E-state index in [2.05, 4.69) is 27.2 Å². The molecule has 0 bridgehead atoms. The maximum atomic E-state index is 6.28. The molecule has 1 N–H and O–H groups in total. The molecule has 0 saturated carbocycles. The molecule has 0 spiro atoms. The minimum Gasteiger partial charge on any atom is -0.454 e. The van der Waals surface area contributed by atoms with Crippen LogP contribution in [-0.4, -0.2) is 60.4 Å². The van der Waals surface area contributed by atoms with Crippen molar-refractivity contribution in [2.75, 3.05) is 39.5 Å². The molecule has 0 radical (unpaired) electrons. The molecule has 1 saturated heterocycles. The molecular weight excluding hydrogens is 509 g/mol. The largest absolute Gasteiger partial charge is 0.454 e. The highest BCUT2D eigenvalue weighted by Gasteiger charge is 2.21. The Balaban J connectivity index is 0.00000240. The summed E-state index contributed by atoms with van der Waals surface area (Å²) in [7, 11) is 0. The minimum absolute atomic E-state index is 0. The first-order valence-electron chi connectivity index (χ1n) is 9.46. The number of benzene rings is 1. The Morgan fingerprint density at radius 3 is 2.79 bits per heavy atom. The zero-order chi connectivity index (χ0) is 19.3. The second-order valence-electron chi connectivity index (χ2n) is 6.74. The third kappa shape index (κ3) is 5.46. The number of fused-ring (bicyclic) bond motifs is 1. The van der Waals surface area contributed by atoms with Crippen LogP contribution in [0.2, 0.25) is 5.02 Å². The second-order valence-corrected chi connectivity index (χ2v) is 7.14. The van der Waals surface area contributed by atoms with E-state index in [0.717, 1.165) is 56.5 Å². The molecule has 10 heteroatoms. The lowest BCUT2D eigenvalue weighted by Gasteiger charge is -2.36. The lowest BCUT2D eigenvalue weighted by atomic mass is 10.2. The van der Waals surface area contributed by atoms with Crippen LogP contribution in [0.25, 0.3) is 0 Å². The van der Waals surface area contributed by atoms with Crippen molar-refractivity contribution in [1.29, 1.82) is 0 Å². The molecule has 158 valence electrons. The summed E-state index contributed by atoms with van der Waals surface area (Å²) in [6.07, 6.45) is 1.61. The number of hydrogen-bond donors (Lipinski definition) is 1. The van der Waals surface area contributed by atoms with Crippen molar-refractivity contribution in [3.8, 4) is 11.5 Å². The molecule has 0 unspecified atom stereocenters. The first kappa shape index (κ1) is 22.0. The zero-order valence-electron chi connectivity index (χ0n) is 16.3. The average molecular weight is 534 g/mol. The van der Waals surface area contributed by atoms with Crippen molar-refractivity contribution in [3.63, 3.8) is 0 Å². The average Bonchev–Trinajstić information content (AvgIpc) is 3.38. The summed E-state index contributed by atoms with van der Waals surface area (Å²) in [4.78, 5) is 9.46. The number of aromatic nitrogens is 1. The summed E-state index contributed by atoms with van der Waals surface area (Å²) < 4.78 is 15.7. The molecule has 0 aliphatic carbocycles. The van der Waals surface area contributed by atoms with Gasteiger partial charge in [0.15, 0.2) is 17.5 Å². The molecular formula is C19H25ClIN5O3. The number of hydrogen-bond acceptors (Lipinski definition) is 6. The fraction of sp³-hybridized carbons (Fsp3) is 0.474. The Morgan fingerprint density at radius 2 is 2.07 bits per heavy atom. The topological polar surface area (TPSA) is 75.4 Å². The van der Waals surface area contributed by atoms with Crippen molar-refractivity contribution < 1.29 is 14.0 Å². The molecule has 2 aromatic rings. The fourth-order valence-electron chi connectivity index (χ4n) is 3.37. The molecule has 29 heavy (non-hydrogen) atoms. The van der Waals surface area contributed by atoms with E-state index in [4.69, 9.17) is 30.6 Å². The molecule has 0 amide bonds. The van der Waals surface area contributed by atoms with Gasteiger partial charge in [0.1, 0.15) is 6.26 Å². The predicted molar refractivity (Wildman–Crippen MR) is 121 cm³/mol. The van der Waals surface area contributed by atoms with E-state index >= 15 is 0 Å². The van der Waals surface area contributed by atoms with Crippen molar-refractivity contribution in [3.05, 3.63) is 40.7 Å². The number of piperazine rings is 1. The lowest BCUT2D eigenvalue weighted by Crippen LogP contribution is -2.52. The zero-order valence-corrected chi connectivity index (χ0v) is 19.4. The van der Waals surface area contributed by atoms with Gasteiger partial charge in [-0.3, -0.25) is 4.90 Å². The van der Waals surface area contributed by atoms with Crippen LogP contribution in [0, 0.1) is 0 Å². The second kappa shape index (κ2) is 10.4. The summed E-state index contributed by atoms with van der Waals surface area (Å²) in [5.41, 5.74) is 1.96. The molecule has 1 aromatic carbocycles.